The average molecular weight is 683 g/mol. The number of hydrogen-bond donors (Lipinski definition) is 0. The first-order valence-corrected chi connectivity index (χ1v) is 18.6. The maximum absolute atomic E-state index is 13.2. The number of unbranched alkanes of at least 4 members (excludes halogenated alkanes) is 10. The predicted octanol–water partition coefficient (Wildman–Crippen LogP) is 7.17. The average Bonchev–Trinajstić information content (AvgIpc) is 3.43. The molecule has 0 aliphatic carbocycles. The molecule has 11 heteroatoms. The molecule has 1 fully saturated rings. The van der Waals surface area contributed by atoms with Crippen molar-refractivity contribution < 1.29 is 42.9 Å². The summed E-state index contributed by atoms with van der Waals surface area (Å²) in [6, 6.07) is -0.609. The number of ether oxygens (including phenoxy) is 4. The van der Waals surface area contributed by atoms with Crippen LogP contribution in [0.5, 0.6) is 0 Å². The molecule has 278 valence electrons. The molecule has 0 spiro atoms. The molecular formula is C37H66N2O9. The lowest BCUT2D eigenvalue weighted by molar-refractivity contribution is -0.152. The summed E-state index contributed by atoms with van der Waals surface area (Å²) in [7, 11) is 0. The van der Waals surface area contributed by atoms with Crippen molar-refractivity contribution in [2.24, 2.45) is 0 Å². The Morgan fingerprint density at radius 3 is 1.58 bits per heavy atom. The molecule has 0 aromatic heterocycles. The number of amides is 1. The molecule has 0 aromatic carbocycles. The summed E-state index contributed by atoms with van der Waals surface area (Å²) in [6.45, 7) is 11.2. The summed E-state index contributed by atoms with van der Waals surface area (Å²) in [5, 5.41) is 0. The lowest BCUT2D eigenvalue weighted by Gasteiger charge is -2.32. The van der Waals surface area contributed by atoms with Crippen LogP contribution in [-0.4, -0.2) is 96.7 Å². The fraction of sp³-hybridized carbons (Fsp3) is 0.865. The Balaban J connectivity index is 2.77. The monoisotopic (exact) mass is 682 g/mol. The third-order valence-electron chi connectivity index (χ3n) is 8.39. The molecule has 48 heavy (non-hydrogen) atoms. The van der Waals surface area contributed by atoms with Crippen LogP contribution >= 0.6 is 0 Å². The van der Waals surface area contributed by atoms with Gasteiger partial charge in [0, 0.05) is 18.9 Å². The SMILES string of the molecule is CCCCCCCCOC(=O)CN(CC(=O)OCCCCCCCC)CC(=O)OCC1CCC(CCC(=O)CC)N1C(=O)OC(C)(C)C. The van der Waals surface area contributed by atoms with Crippen LogP contribution in [0.3, 0.4) is 0 Å². The van der Waals surface area contributed by atoms with Gasteiger partial charge in [0.2, 0.25) is 0 Å². The van der Waals surface area contributed by atoms with E-state index in [9.17, 15) is 24.0 Å². The van der Waals surface area contributed by atoms with Crippen molar-refractivity contribution in [1.29, 1.82) is 0 Å². The molecule has 1 aliphatic heterocycles. The van der Waals surface area contributed by atoms with E-state index >= 15 is 0 Å². The number of rotatable bonds is 26. The summed E-state index contributed by atoms with van der Waals surface area (Å²) in [5.74, 6) is -1.53. The van der Waals surface area contributed by atoms with Crippen molar-refractivity contribution in [3.05, 3.63) is 0 Å². The Labute approximate surface area is 290 Å². The number of esters is 3. The van der Waals surface area contributed by atoms with E-state index in [0.29, 0.717) is 45.3 Å². The highest BCUT2D eigenvalue weighted by Crippen LogP contribution is 2.30. The van der Waals surface area contributed by atoms with Crippen LogP contribution in [0.2, 0.25) is 0 Å². The minimum Gasteiger partial charge on any atom is -0.465 e. The van der Waals surface area contributed by atoms with Crippen LogP contribution in [0.15, 0.2) is 0 Å². The van der Waals surface area contributed by atoms with E-state index in [1.165, 1.54) is 30.6 Å². The van der Waals surface area contributed by atoms with Gasteiger partial charge in [-0.15, -0.1) is 0 Å². The van der Waals surface area contributed by atoms with E-state index in [0.717, 1.165) is 51.4 Å². The van der Waals surface area contributed by atoms with E-state index in [2.05, 4.69) is 13.8 Å². The molecule has 0 bridgehead atoms. The Bertz CT molecular complexity index is 918. The number of carbonyl (C=O) groups excluding carboxylic acids is 5. The van der Waals surface area contributed by atoms with Gasteiger partial charge in [-0.05, 0) is 52.9 Å². The van der Waals surface area contributed by atoms with Crippen LogP contribution in [0.25, 0.3) is 0 Å². The Hall–Kier alpha value is -2.69. The number of hydrogen-bond acceptors (Lipinski definition) is 10. The summed E-state index contributed by atoms with van der Waals surface area (Å²) < 4.78 is 22.1. The van der Waals surface area contributed by atoms with Crippen molar-refractivity contribution in [3.8, 4) is 0 Å². The lowest BCUT2D eigenvalue weighted by atomic mass is 10.1. The highest BCUT2D eigenvalue weighted by atomic mass is 16.6. The molecular weight excluding hydrogens is 616 g/mol. The quantitative estimate of drug-likeness (QED) is 0.0526. The Morgan fingerprint density at radius 1 is 0.646 bits per heavy atom. The normalized spacial score (nSPS) is 16.2. The second-order valence-electron chi connectivity index (χ2n) is 14.0. The van der Waals surface area contributed by atoms with Gasteiger partial charge in [-0.3, -0.25) is 29.0 Å². The van der Waals surface area contributed by atoms with Gasteiger partial charge in [0.05, 0.1) is 38.9 Å². The van der Waals surface area contributed by atoms with Gasteiger partial charge in [-0.25, -0.2) is 4.79 Å². The number of nitrogens with zero attached hydrogens (tertiary/aromatic N) is 2. The summed E-state index contributed by atoms with van der Waals surface area (Å²) >= 11 is 0. The zero-order valence-electron chi connectivity index (χ0n) is 31.0. The summed E-state index contributed by atoms with van der Waals surface area (Å²) in [6.07, 6.45) is 14.8. The van der Waals surface area contributed by atoms with Crippen molar-refractivity contribution >= 4 is 29.8 Å². The largest absolute Gasteiger partial charge is 0.465 e. The van der Waals surface area contributed by atoms with Crippen LogP contribution < -0.4 is 0 Å². The standard InChI is InChI=1S/C37H66N2O9/c1-7-10-12-14-16-18-24-45-33(41)26-38(27-34(42)46-25-19-17-15-13-11-8-2)28-35(43)47-29-31-21-20-30(22-23-32(40)9-3)39(31)36(44)48-37(4,5)6/h30-31H,7-29H2,1-6H3. The molecule has 11 nitrogen and oxygen atoms in total. The Morgan fingerprint density at radius 2 is 1.10 bits per heavy atom. The second-order valence-corrected chi connectivity index (χ2v) is 14.0. The number of likely N-dealkylation sites (tertiary alicyclic amines) is 1. The van der Waals surface area contributed by atoms with Gasteiger partial charge in [-0.1, -0.05) is 85.0 Å². The highest BCUT2D eigenvalue weighted by molar-refractivity contribution is 5.79. The molecule has 1 amide bonds. The third-order valence-corrected chi connectivity index (χ3v) is 8.39. The minimum absolute atomic E-state index is 0.0604. The van der Waals surface area contributed by atoms with Crippen molar-refractivity contribution in [1.82, 2.24) is 9.80 Å². The molecule has 1 rings (SSSR count). The lowest BCUT2D eigenvalue weighted by Crippen LogP contribution is -2.46. The van der Waals surface area contributed by atoms with Crippen molar-refractivity contribution in [2.75, 3.05) is 39.5 Å². The molecule has 1 saturated heterocycles. The molecule has 1 aliphatic rings. The van der Waals surface area contributed by atoms with Crippen molar-refractivity contribution in [3.63, 3.8) is 0 Å². The van der Waals surface area contributed by atoms with Gasteiger partial charge < -0.3 is 18.9 Å². The smallest absolute Gasteiger partial charge is 0.410 e. The number of ketones is 1. The van der Waals surface area contributed by atoms with E-state index in [1.807, 2.05) is 6.92 Å². The second kappa shape index (κ2) is 25.3. The number of Topliss-reactive ketones (excluding diaryl/α,β-unsaturated/α-hetero) is 1. The predicted molar refractivity (Wildman–Crippen MR) is 185 cm³/mol. The maximum Gasteiger partial charge on any atom is 0.410 e. The van der Waals surface area contributed by atoms with Gasteiger partial charge in [-0.2, -0.15) is 0 Å². The molecule has 0 saturated carbocycles. The Kier molecular flexibility index (Phi) is 22.8. The van der Waals surface area contributed by atoms with Crippen LogP contribution in [0, 0.1) is 0 Å². The molecule has 0 aromatic rings. The third kappa shape index (κ3) is 20.6. The fourth-order valence-corrected chi connectivity index (χ4v) is 5.70. The van der Waals surface area contributed by atoms with Crippen LogP contribution in [0.4, 0.5) is 4.79 Å². The fourth-order valence-electron chi connectivity index (χ4n) is 5.70. The minimum atomic E-state index is -0.710. The maximum atomic E-state index is 13.2. The van der Waals surface area contributed by atoms with E-state index < -0.39 is 35.6 Å². The van der Waals surface area contributed by atoms with Crippen molar-refractivity contribution in [2.45, 2.75) is 168 Å². The molecule has 0 radical (unpaired) electrons. The first-order valence-electron chi connectivity index (χ1n) is 18.6. The van der Waals surface area contributed by atoms with Crippen LogP contribution in [0.1, 0.15) is 151 Å². The van der Waals surface area contributed by atoms with E-state index in [4.69, 9.17) is 18.9 Å². The highest BCUT2D eigenvalue weighted by Gasteiger charge is 2.40. The molecule has 0 N–H and O–H groups in total. The molecule has 1 heterocycles. The van der Waals surface area contributed by atoms with Gasteiger partial charge in [0.1, 0.15) is 18.0 Å². The number of carbonyl (C=O) groups is 5. The van der Waals surface area contributed by atoms with Gasteiger partial charge >= 0.3 is 24.0 Å². The van der Waals surface area contributed by atoms with E-state index in [-0.39, 0.29) is 38.1 Å². The zero-order chi connectivity index (χ0) is 35.8. The first-order chi connectivity index (χ1) is 22.9. The van der Waals surface area contributed by atoms with Gasteiger partial charge in [0.15, 0.2) is 0 Å². The van der Waals surface area contributed by atoms with Gasteiger partial charge in [0.25, 0.3) is 0 Å². The molecule has 2 atom stereocenters. The summed E-state index contributed by atoms with van der Waals surface area (Å²) in [5.41, 5.74) is -0.710. The van der Waals surface area contributed by atoms with Crippen LogP contribution in [-0.2, 0) is 38.1 Å². The first kappa shape index (κ1) is 43.3. The molecule has 2 unspecified atom stereocenters. The zero-order valence-corrected chi connectivity index (χ0v) is 31.0. The topological polar surface area (TPSA) is 129 Å². The van der Waals surface area contributed by atoms with E-state index in [1.54, 1.807) is 25.7 Å². The summed E-state index contributed by atoms with van der Waals surface area (Å²) in [4.78, 5) is 66.5.